The van der Waals surface area contributed by atoms with Gasteiger partial charge < -0.3 is 10.2 Å². The van der Waals surface area contributed by atoms with Crippen molar-refractivity contribution in [1.29, 1.82) is 0 Å². The van der Waals surface area contributed by atoms with E-state index in [1.165, 1.54) is 0 Å². The Morgan fingerprint density at radius 2 is 1.76 bits per heavy atom. The molecule has 0 bridgehead atoms. The normalized spacial score (nSPS) is 12.0. The SMILES string of the molecule is CC[C@@H](C(=O)NC(C)C)N(Cc1ccccc1C)C(=O)Cc1ccc(Cl)c(Cl)c1. The quantitative estimate of drug-likeness (QED) is 0.622. The van der Waals surface area contributed by atoms with Crippen LogP contribution in [0.3, 0.4) is 0 Å². The fourth-order valence-corrected chi connectivity index (χ4v) is 3.52. The molecule has 0 saturated carbocycles. The maximum absolute atomic E-state index is 13.3. The molecule has 0 fully saturated rings. The van der Waals surface area contributed by atoms with Gasteiger partial charge in [0.1, 0.15) is 6.04 Å². The highest BCUT2D eigenvalue weighted by Crippen LogP contribution is 2.24. The number of carbonyl (C=O) groups is 2. The average Bonchev–Trinajstić information content (AvgIpc) is 2.65. The van der Waals surface area contributed by atoms with Crippen molar-refractivity contribution in [2.45, 2.75) is 59.2 Å². The molecular weight excluding hydrogens is 407 g/mol. The second-order valence-electron chi connectivity index (χ2n) is 7.46. The van der Waals surface area contributed by atoms with Crippen LogP contribution in [-0.4, -0.2) is 28.8 Å². The van der Waals surface area contributed by atoms with Gasteiger partial charge in [-0.15, -0.1) is 0 Å². The van der Waals surface area contributed by atoms with Gasteiger partial charge in [0.05, 0.1) is 16.5 Å². The molecule has 2 aromatic carbocycles. The molecule has 4 nitrogen and oxygen atoms in total. The number of amides is 2. The fourth-order valence-electron chi connectivity index (χ4n) is 3.20. The van der Waals surface area contributed by atoms with Crippen LogP contribution in [0.5, 0.6) is 0 Å². The van der Waals surface area contributed by atoms with Gasteiger partial charge in [-0.25, -0.2) is 0 Å². The number of rotatable bonds is 8. The number of benzene rings is 2. The van der Waals surface area contributed by atoms with E-state index in [4.69, 9.17) is 23.2 Å². The summed E-state index contributed by atoms with van der Waals surface area (Å²) in [7, 11) is 0. The van der Waals surface area contributed by atoms with Crippen LogP contribution < -0.4 is 5.32 Å². The summed E-state index contributed by atoms with van der Waals surface area (Å²) in [6.07, 6.45) is 0.672. The summed E-state index contributed by atoms with van der Waals surface area (Å²) >= 11 is 12.1. The Labute approximate surface area is 183 Å². The Kier molecular flexibility index (Phi) is 8.54. The molecule has 0 aliphatic carbocycles. The zero-order valence-corrected chi connectivity index (χ0v) is 18.8. The zero-order valence-electron chi connectivity index (χ0n) is 17.3. The first-order valence-electron chi connectivity index (χ1n) is 9.81. The molecule has 2 amide bonds. The molecule has 2 rings (SSSR count). The maximum atomic E-state index is 13.3. The van der Waals surface area contributed by atoms with E-state index in [2.05, 4.69) is 5.32 Å². The van der Waals surface area contributed by atoms with Crippen molar-refractivity contribution in [2.75, 3.05) is 0 Å². The monoisotopic (exact) mass is 434 g/mol. The van der Waals surface area contributed by atoms with E-state index >= 15 is 0 Å². The topological polar surface area (TPSA) is 49.4 Å². The van der Waals surface area contributed by atoms with Gasteiger partial charge in [-0.2, -0.15) is 0 Å². The van der Waals surface area contributed by atoms with Crippen molar-refractivity contribution < 1.29 is 9.59 Å². The second-order valence-corrected chi connectivity index (χ2v) is 8.28. The lowest BCUT2D eigenvalue weighted by atomic mass is 10.0. The summed E-state index contributed by atoms with van der Waals surface area (Å²) in [6.45, 7) is 8.12. The number of nitrogens with zero attached hydrogens (tertiary/aromatic N) is 1. The Morgan fingerprint density at radius 3 is 2.34 bits per heavy atom. The van der Waals surface area contributed by atoms with Crippen LogP contribution >= 0.6 is 23.2 Å². The highest BCUT2D eigenvalue weighted by atomic mass is 35.5. The summed E-state index contributed by atoms with van der Waals surface area (Å²) in [5.41, 5.74) is 2.86. The summed E-state index contributed by atoms with van der Waals surface area (Å²) < 4.78 is 0. The summed E-state index contributed by atoms with van der Waals surface area (Å²) in [6, 6.07) is 12.5. The van der Waals surface area contributed by atoms with Crippen LogP contribution in [0.2, 0.25) is 10.0 Å². The van der Waals surface area contributed by atoms with E-state index in [1.807, 2.05) is 52.0 Å². The van der Waals surface area contributed by atoms with E-state index in [0.717, 1.165) is 16.7 Å². The van der Waals surface area contributed by atoms with Crippen molar-refractivity contribution in [3.63, 3.8) is 0 Å². The van der Waals surface area contributed by atoms with Crippen molar-refractivity contribution in [3.8, 4) is 0 Å². The summed E-state index contributed by atoms with van der Waals surface area (Å²) in [5.74, 6) is -0.268. The maximum Gasteiger partial charge on any atom is 0.243 e. The number of aryl methyl sites for hydroxylation is 1. The van der Waals surface area contributed by atoms with Gasteiger partial charge in [-0.1, -0.05) is 60.5 Å². The van der Waals surface area contributed by atoms with E-state index in [-0.39, 0.29) is 24.3 Å². The predicted octanol–water partition coefficient (Wildman–Crippen LogP) is 5.18. The molecule has 1 N–H and O–H groups in total. The lowest BCUT2D eigenvalue weighted by Crippen LogP contribution is -2.50. The van der Waals surface area contributed by atoms with Gasteiger partial charge >= 0.3 is 0 Å². The zero-order chi connectivity index (χ0) is 21.6. The molecule has 0 aliphatic rings. The molecule has 0 spiro atoms. The molecule has 29 heavy (non-hydrogen) atoms. The largest absolute Gasteiger partial charge is 0.352 e. The molecule has 0 radical (unpaired) electrons. The Morgan fingerprint density at radius 1 is 1.07 bits per heavy atom. The van der Waals surface area contributed by atoms with Gasteiger partial charge in [-0.05, 0) is 56.0 Å². The van der Waals surface area contributed by atoms with Crippen LogP contribution in [0.15, 0.2) is 42.5 Å². The summed E-state index contributed by atoms with van der Waals surface area (Å²) in [5, 5.41) is 3.79. The minimum Gasteiger partial charge on any atom is -0.352 e. The van der Waals surface area contributed by atoms with E-state index in [0.29, 0.717) is 23.0 Å². The van der Waals surface area contributed by atoms with Gasteiger partial charge in [0, 0.05) is 12.6 Å². The molecule has 156 valence electrons. The van der Waals surface area contributed by atoms with Crippen molar-refractivity contribution in [2.24, 2.45) is 0 Å². The molecule has 0 heterocycles. The second kappa shape index (κ2) is 10.7. The van der Waals surface area contributed by atoms with Gasteiger partial charge in [0.15, 0.2) is 0 Å². The molecule has 1 atom stereocenters. The van der Waals surface area contributed by atoms with Crippen LogP contribution in [0.1, 0.15) is 43.9 Å². The molecule has 0 unspecified atom stereocenters. The van der Waals surface area contributed by atoms with E-state index in [9.17, 15) is 9.59 Å². The smallest absolute Gasteiger partial charge is 0.243 e. The lowest BCUT2D eigenvalue weighted by molar-refractivity contribution is -0.141. The third-order valence-corrected chi connectivity index (χ3v) is 5.50. The van der Waals surface area contributed by atoms with Crippen LogP contribution in [0.4, 0.5) is 0 Å². The van der Waals surface area contributed by atoms with Crippen molar-refractivity contribution >= 4 is 35.0 Å². The van der Waals surface area contributed by atoms with E-state index in [1.54, 1.807) is 23.1 Å². The molecule has 6 heteroatoms. The lowest BCUT2D eigenvalue weighted by Gasteiger charge is -2.31. The van der Waals surface area contributed by atoms with Gasteiger partial charge in [0.25, 0.3) is 0 Å². The molecule has 0 aliphatic heterocycles. The number of hydrogen-bond acceptors (Lipinski definition) is 2. The number of nitrogens with one attached hydrogen (secondary N) is 1. The van der Waals surface area contributed by atoms with Crippen LogP contribution in [0, 0.1) is 6.92 Å². The van der Waals surface area contributed by atoms with Crippen LogP contribution in [-0.2, 0) is 22.6 Å². The van der Waals surface area contributed by atoms with Gasteiger partial charge in [-0.3, -0.25) is 9.59 Å². The Balaban J connectivity index is 2.33. The van der Waals surface area contributed by atoms with Gasteiger partial charge in [0.2, 0.25) is 11.8 Å². The molecule has 0 aromatic heterocycles. The number of carbonyl (C=O) groups excluding carboxylic acids is 2. The Hall–Kier alpha value is -2.04. The third kappa shape index (κ3) is 6.48. The number of hydrogen-bond donors (Lipinski definition) is 1. The summed E-state index contributed by atoms with van der Waals surface area (Å²) in [4.78, 5) is 27.8. The average molecular weight is 435 g/mol. The first-order valence-corrected chi connectivity index (χ1v) is 10.6. The molecule has 2 aromatic rings. The molecule has 0 saturated heterocycles. The first kappa shape index (κ1) is 23.2. The highest BCUT2D eigenvalue weighted by Gasteiger charge is 2.29. The minimum absolute atomic E-state index is 0.00188. The Bertz CT molecular complexity index is 868. The first-order chi connectivity index (χ1) is 13.7. The molecular formula is C23H28Cl2N2O2. The predicted molar refractivity (Wildman–Crippen MR) is 119 cm³/mol. The minimum atomic E-state index is -0.549. The fraction of sp³-hybridized carbons (Fsp3) is 0.391. The van der Waals surface area contributed by atoms with Crippen LogP contribution in [0.25, 0.3) is 0 Å². The number of halogens is 2. The highest BCUT2D eigenvalue weighted by molar-refractivity contribution is 6.42. The van der Waals surface area contributed by atoms with E-state index < -0.39 is 6.04 Å². The van der Waals surface area contributed by atoms with Crippen molar-refractivity contribution in [3.05, 3.63) is 69.2 Å². The third-order valence-electron chi connectivity index (χ3n) is 4.76. The van der Waals surface area contributed by atoms with Crippen molar-refractivity contribution in [1.82, 2.24) is 10.2 Å². The standard InChI is InChI=1S/C23H28Cl2N2O2/c1-5-21(23(29)26-15(2)3)27(14-18-9-7-6-8-16(18)4)22(28)13-17-10-11-19(24)20(25)12-17/h6-12,15,21H,5,13-14H2,1-4H3,(H,26,29)/t21-/m0/s1.